The molecule has 1 aromatic carbocycles. The molecule has 128 valence electrons. The van der Waals surface area contributed by atoms with Crippen molar-refractivity contribution in [2.45, 2.75) is 31.6 Å². The van der Waals surface area contributed by atoms with Gasteiger partial charge in [0.25, 0.3) is 0 Å². The average molecular weight is 347 g/mol. The molecular formula is C17H21N3O3S. The minimum atomic E-state index is -3.30. The van der Waals surface area contributed by atoms with Crippen LogP contribution in [-0.2, 0) is 15.8 Å². The van der Waals surface area contributed by atoms with Crippen LogP contribution in [0.4, 0.5) is 0 Å². The average Bonchev–Trinajstić information content (AvgIpc) is 2.56. The van der Waals surface area contributed by atoms with Crippen molar-refractivity contribution in [3.8, 4) is 5.88 Å². The highest BCUT2D eigenvalue weighted by Gasteiger charge is 2.29. The Morgan fingerprint density at radius 1 is 1.25 bits per heavy atom. The Bertz CT molecular complexity index is 773. The highest BCUT2D eigenvalue weighted by Crippen LogP contribution is 2.21. The van der Waals surface area contributed by atoms with Crippen LogP contribution in [-0.4, -0.2) is 41.9 Å². The molecule has 0 amide bonds. The van der Waals surface area contributed by atoms with Crippen LogP contribution >= 0.6 is 0 Å². The predicted octanol–water partition coefficient (Wildman–Crippen LogP) is 2.16. The van der Waals surface area contributed by atoms with E-state index in [9.17, 15) is 8.42 Å². The summed E-state index contributed by atoms with van der Waals surface area (Å²) >= 11 is 0. The van der Waals surface area contributed by atoms with Crippen molar-refractivity contribution >= 4 is 10.0 Å². The maximum absolute atomic E-state index is 12.6. The lowest BCUT2D eigenvalue weighted by Crippen LogP contribution is -2.42. The predicted molar refractivity (Wildman–Crippen MR) is 91.1 cm³/mol. The molecule has 0 N–H and O–H groups in total. The van der Waals surface area contributed by atoms with Crippen LogP contribution in [0.2, 0.25) is 0 Å². The summed E-state index contributed by atoms with van der Waals surface area (Å²) in [5, 5.41) is 0. The Balaban J connectivity index is 1.57. The molecule has 7 heteroatoms. The molecule has 1 aromatic heterocycles. The molecule has 0 bridgehead atoms. The molecule has 0 atom stereocenters. The second-order valence-corrected chi connectivity index (χ2v) is 7.98. The monoisotopic (exact) mass is 347 g/mol. The summed E-state index contributed by atoms with van der Waals surface area (Å²) in [6.07, 6.45) is 4.39. The van der Waals surface area contributed by atoms with Gasteiger partial charge in [-0.3, -0.25) is 0 Å². The van der Waals surface area contributed by atoms with Crippen molar-refractivity contribution in [1.82, 2.24) is 14.3 Å². The van der Waals surface area contributed by atoms with Crippen molar-refractivity contribution in [3.05, 3.63) is 54.0 Å². The van der Waals surface area contributed by atoms with Crippen LogP contribution < -0.4 is 4.74 Å². The largest absolute Gasteiger partial charge is 0.474 e. The number of hydrogen-bond acceptors (Lipinski definition) is 5. The third-order valence-electron chi connectivity index (χ3n) is 4.07. The lowest BCUT2D eigenvalue weighted by molar-refractivity contribution is 0.129. The highest BCUT2D eigenvalue weighted by molar-refractivity contribution is 7.88. The second-order valence-electron chi connectivity index (χ2n) is 6.01. The van der Waals surface area contributed by atoms with Gasteiger partial charge in [-0.25, -0.2) is 22.7 Å². The number of sulfonamides is 1. The molecule has 0 aliphatic carbocycles. The summed E-state index contributed by atoms with van der Waals surface area (Å²) in [5.41, 5.74) is 1.90. The molecule has 0 radical (unpaired) electrons. The summed E-state index contributed by atoms with van der Waals surface area (Å²) in [6, 6.07) is 9.34. The number of hydrogen-bond donors (Lipinski definition) is 0. The van der Waals surface area contributed by atoms with E-state index in [0.717, 1.165) is 11.1 Å². The zero-order chi connectivity index (χ0) is 17.0. The molecule has 2 heterocycles. The Morgan fingerprint density at radius 3 is 2.71 bits per heavy atom. The number of benzene rings is 1. The normalized spacial score (nSPS) is 16.9. The first-order valence-electron chi connectivity index (χ1n) is 7.99. The van der Waals surface area contributed by atoms with Gasteiger partial charge < -0.3 is 4.74 Å². The van der Waals surface area contributed by atoms with Crippen LogP contribution in [0.3, 0.4) is 0 Å². The van der Waals surface area contributed by atoms with E-state index in [1.165, 1.54) is 6.33 Å². The van der Waals surface area contributed by atoms with E-state index >= 15 is 0 Å². The van der Waals surface area contributed by atoms with E-state index < -0.39 is 10.0 Å². The Morgan fingerprint density at radius 2 is 2.04 bits per heavy atom. The minimum Gasteiger partial charge on any atom is -0.474 e. The van der Waals surface area contributed by atoms with Gasteiger partial charge in [-0.1, -0.05) is 29.8 Å². The first-order valence-corrected chi connectivity index (χ1v) is 9.60. The van der Waals surface area contributed by atoms with Gasteiger partial charge in [0.2, 0.25) is 15.9 Å². The smallest absolute Gasteiger partial charge is 0.218 e. The summed E-state index contributed by atoms with van der Waals surface area (Å²) in [5.74, 6) is 0.581. The van der Waals surface area contributed by atoms with E-state index in [1.807, 2.05) is 31.2 Å². The van der Waals surface area contributed by atoms with Crippen molar-refractivity contribution in [2.24, 2.45) is 0 Å². The first-order chi connectivity index (χ1) is 11.5. The molecule has 3 rings (SSSR count). The fourth-order valence-electron chi connectivity index (χ4n) is 2.85. The molecule has 6 nitrogen and oxygen atoms in total. The molecule has 24 heavy (non-hydrogen) atoms. The Hall–Kier alpha value is -1.99. The Kier molecular flexibility index (Phi) is 5.11. The van der Waals surface area contributed by atoms with Crippen LogP contribution in [0.25, 0.3) is 0 Å². The van der Waals surface area contributed by atoms with Gasteiger partial charge >= 0.3 is 0 Å². The second kappa shape index (κ2) is 7.27. The number of aromatic nitrogens is 2. The molecule has 0 spiro atoms. The maximum atomic E-state index is 12.6. The van der Waals surface area contributed by atoms with Crippen molar-refractivity contribution in [3.63, 3.8) is 0 Å². The van der Waals surface area contributed by atoms with Crippen molar-refractivity contribution in [1.29, 1.82) is 0 Å². The van der Waals surface area contributed by atoms with Crippen LogP contribution in [0, 0.1) is 6.92 Å². The summed E-state index contributed by atoms with van der Waals surface area (Å²) in [6.45, 7) is 2.92. The van der Waals surface area contributed by atoms with Gasteiger partial charge in [0.1, 0.15) is 12.4 Å². The lowest BCUT2D eigenvalue weighted by Gasteiger charge is -2.31. The standard InChI is InChI=1S/C17H21N3O3S/c1-14-3-2-4-15(11-14)12-24(21,22)20-9-6-16(7-10-20)23-17-5-8-18-13-19-17/h2-5,8,11,13,16H,6-7,9-10,12H2,1H3. The van der Waals surface area contributed by atoms with Gasteiger partial charge in [-0.05, 0) is 25.3 Å². The van der Waals surface area contributed by atoms with Gasteiger partial charge in [0.15, 0.2) is 0 Å². The van der Waals surface area contributed by atoms with E-state index in [0.29, 0.717) is 31.8 Å². The molecule has 0 saturated carbocycles. The summed E-state index contributed by atoms with van der Waals surface area (Å²) in [7, 11) is -3.30. The molecule has 2 aromatic rings. The van der Waals surface area contributed by atoms with Crippen molar-refractivity contribution in [2.75, 3.05) is 13.1 Å². The molecular weight excluding hydrogens is 326 g/mol. The van der Waals surface area contributed by atoms with E-state index in [1.54, 1.807) is 16.6 Å². The third kappa shape index (κ3) is 4.30. The van der Waals surface area contributed by atoms with Crippen molar-refractivity contribution < 1.29 is 13.2 Å². The molecule has 1 fully saturated rings. The maximum Gasteiger partial charge on any atom is 0.218 e. The highest BCUT2D eigenvalue weighted by atomic mass is 32.2. The number of rotatable bonds is 5. The third-order valence-corrected chi connectivity index (χ3v) is 5.92. The quantitative estimate of drug-likeness (QED) is 0.829. The van der Waals surface area contributed by atoms with E-state index in [4.69, 9.17) is 4.74 Å². The SMILES string of the molecule is Cc1cccc(CS(=O)(=O)N2CCC(Oc3ccncn3)CC2)c1. The van der Waals surface area contributed by atoms with Crippen LogP contribution in [0.15, 0.2) is 42.9 Å². The topological polar surface area (TPSA) is 72.4 Å². The summed E-state index contributed by atoms with van der Waals surface area (Å²) < 4.78 is 32.5. The lowest BCUT2D eigenvalue weighted by atomic mass is 10.1. The van der Waals surface area contributed by atoms with Gasteiger partial charge in [-0.2, -0.15) is 0 Å². The fraction of sp³-hybridized carbons (Fsp3) is 0.412. The van der Waals surface area contributed by atoms with Gasteiger partial charge in [-0.15, -0.1) is 0 Å². The number of aryl methyl sites for hydroxylation is 1. The Labute approximate surface area is 142 Å². The van der Waals surface area contributed by atoms with Gasteiger partial charge in [0.05, 0.1) is 5.75 Å². The summed E-state index contributed by atoms with van der Waals surface area (Å²) in [4.78, 5) is 7.89. The van der Waals surface area contributed by atoms with E-state index in [-0.39, 0.29) is 11.9 Å². The van der Waals surface area contributed by atoms with Gasteiger partial charge in [0, 0.05) is 25.4 Å². The van der Waals surface area contributed by atoms with Crippen LogP contribution in [0.1, 0.15) is 24.0 Å². The zero-order valence-corrected chi connectivity index (χ0v) is 14.4. The zero-order valence-electron chi connectivity index (χ0n) is 13.6. The fourth-order valence-corrected chi connectivity index (χ4v) is 4.40. The molecule has 0 unspecified atom stereocenters. The van der Waals surface area contributed by atoms with E-state index in [2.05, 4.69) is 9.97 Å². The van der Waals surface area contributed by atoms with Crippen LogP contribution in [0.5, 0.6) is 5.88 Å². The molecule has 1 saturated heterocycles. The number of piperidine rings is 1. The number of nitrogens with zero attached hydrogens (tertiary/aromatic N) is 3. The molecule has 1 aliphatic rings. The molecule has 1 aliphatic heterocycles. The number of ether oxygens (including phenoxy) is 1. The minimum absolute atomic E-state index is 0.00896. The first kappa shape index (κ1) is 16.9.